The monoisotopic (exact) mass is 432 g/mol. The standard InChI is InChI=1S/C21H32N6O4/c1-6-7-8-15(18(28)19(29)24-17-9-11-22-25-17)23-20(30)31-16(21(3,4)5)13-27-12-10-14(2)26-27/h9-12,15-16H,6-8,13H2,1-5H3,(H,23,30)(H2,22,24,25,29)/t15-,16+/m0/s1. The number of H-pyrrole nitrogens is 1. The van der Waals surface area contributed by atoms with Crippen molar-refractivity contribution in [3.05, 3.63) is 30.2 Å². The van der Waals surface area contributed by atoms with E-state index in [0.29, 0.717) is 25.2 Å². The molecule has 2 heterocycles. The average molecular weight is 433 g/mol. The van der Waals surface area contributed by atoms with Crippen molar-refractivity contribution in [3.8, 4) is 0 Å². The highest BCUT2D eigenvalue weighted by Crippen LogP contribution is 2.24. The van der Waals surface area contributed by atoms with Gasteiger partial charge in [0.1, 0.15) is 18.0 Å². The van der Waals surface area contributed by atoms with Gasteiger partial charge in [-0.2, -0.15) is 10.2 Å². The molecule has 2 atom stereocenters. The number of anilines is 1. The summed E-state index contributed by atoms with van der Waals surface area (Å²) in [5, 5.41) is 15.6. The van der Waals surface area contributed by atoms with E-state index in [1.54, 1.807) is 4.68 Å². The fourth-order valence-electron chi connectivity index (χ4n) is 2.87. The molecule has 31 heavy (non-hydrogen) atoms. The molecule has 0 fully saturated rings. The molecule has 2 amide bonds. The number of aromatic amines is 1. The van der Waals surface area contributed by atoms with Crippen molar-refractivity contribution >= 4 is 23.6 Å². The highest BCUT2D eigenvalue weighted by atomic mass is 16.6. The highest BCUT2D eigenvalue weighted by molar-refractivity contribution is 6.42. The first-order chi connectivity index (χ1) is 14.6. The SMILES string of the molecule is CCCC[C@H](NC(=O)O[C@H](Cn1ccc(C)n1)C(C)(C)C)C(=O)C(=O)Nc1ccn[nH]1. The van der Waals surface area contributed by atoms with Gasteiger partial charge < -0.3 is 15.4 Å². The van der Waals surface area contributed by atoms with Gasteiger partial charge in [-0.15, -0.1) is 0 Å². The molecule has 2 aromatic rings. The summed E-state index contributed by atoms with van der Waals surface area (Å²) in [6.45, 7) is 10.1. The van der Waals surface area contributed by atoms with Gasteiger partial charge in [-0.3, -0.25) is 19.4 Å². The number of carbonyl (C=O) groups excluding carboxylic acids is 3. The number of ketones is 1. The van der Waals surface area contributed by atoms with Crippen LogP contribution in [-0.2, 0) is 20.9 Å². The van der Waals surface area contributed by atoms with Crippen molar-refractivity contribution in [2.45, 2.75) is 72.6 Å². The number of nitrogens with one attached hydrogen (secondary N) is 3. The number of alkyl carbamates (subject to hydrolysis) is 1. The molecule has 3 N–H and O–H groups in total. The lowest BCUT2D eigenvalue weighted by atomic mass is 9.89. The molecule has 0 aliphatic carbocycles. The summed E-state index contributed by atoms with van der Waals surface area (Å²) < 4.78 is 7.38. The fraction of sp³-hybridized carbons (Fsp3) is 0.571. The molecule has 170 valence electrons. The van der Waals surface area contributed by atoms with Gasteiger partial charge in [0, 0.05) is 17.7 Å². The number of aryl methyl sites for hydroxylation is 1. The summed E-state index contributed by atoms with van der Waals surface area (Å²) in [7, 11) is 0. The first-order valence-corrected chi connectivity index (χ1v) is 10.4. The zero-order chi connectivity index (χ0) is 23.0. The Kier molecular flexibility index (Phi) is 8.35. The molecular formula is C21H32N6O4. The number of hydrogen-bond acceptors (Lipinski definition) is 6. The lowest BCUT2D eigenvalue weighted by Crippen LogP contribution is -2.48. The summed E-state index contributed by atoms with van der Waals surface area (Å²) in [5.41, 5.74) is 0.503. The summed E-state index contributed by atoms with van der Waals surface area (Å²) >= 11 is 0. The summed E-state index contributed by atoms with van der Waals surface area (Å²) in [6, 6.07) is 2.42. The molecular weight excluding hydrogens is 400 g/mol. The largest absolute Gasteiger partial charge is 0.444 e. The molecule has 2 aromatic heterocycles. The number of carbonyl (C=O) groups is 3. The molecule has 0 radical (unpaired) electrons. The molecule has 0 saturated carbocycles. The maximum atomic E-state index is 12.7. The maximum Gasteiger partial charge on any atom is 0.408 e. The Hall–Kier alpha value is -3.17. The van der Waals surface area contributed by atoms with E-state index >= 15 is 0 Å². The van der Waals surface area contributed by atoms with Crippen molar-refractivity contribution in [3.63, 3.8) is 0 Å². The van der Waals surface area contributed by atoms with Crippen LogP contribution in [-0.4, -0.2) is 49.9 Å². The van der Waals surface area contributed by atoms with Gasteiger partial charge in [-0.25, -0.2) is 4.79 Å². The molecule has 0 spiro atoms. The second kappa shape index (κ2) is 10.7. The molecule has 0 aromatic carbocycles. The summed E-state index contributed by atoms with van der Waals surface area (Å²) in [4.78, 5) is 37.6. The van der Waals surface area contributed by atoms with Gasteiger partial charge in [0.05, 0.1) is 18.4 Å². The van der Waals surface area contributed by atoms with Crippen LogP contribution in [0.2, 0.25) is 0 Å². The third-order valence-electron chi connectivity index (χ3n) is 4.77. The van der Waals surface area contributed by atoms with Crippen LogP contribution < -0.4 is 10.6 Å². The Morgan fingerprint density at radius 3 is 2.55 bits per heavy atom. The van der Waals surface area contributed by atoms with Crippen LogP contribution in [0.3, 0.4) is 0 Å². The van der Waals surface area contributed by atoms with Crippen LogP contribution in [0.4, 0.5) is 10.6 Å². The fourth-order valence-corrected chi connectivity index (χ4v) is 2.87. The van der Waals surface area contributed by atoms with E-state index in [4.69, 9.17) is 4.74 Å². The minimum Gasteiger partial charge on any atom is -0.444 e. The van der Waals surface area contributed by atoms with Gasteiger partial charge in [0.25, 0.3) is 5.91 Å². The van der Waals surface area contributed by atoms with Crippen LogP contribution in [0.1, 0.15) is 52.7 Å². The van der Waals surface area contributed by atoms with Gasteiger partial charge in [0.2, 0.25) is 5.78 Å². The molecule has 0 bridgehead atoms. The predicted octanol–water partition coefficient (Wildman–Crippen LogP) is 2.82. The maximum absolute atomic E-state index is 12.7. The molecule has 0 aliphatic rings. The highest BCUT2D eigenvalue weighted by Gasteiger charge is 2.32. The lowest BCUT2D eigenvalue weighted by molar-refractivity contribution is -0.136. The Bertz CT molecular complexity index is 869. The van der Waals surface area contributed by atoms with Gasteiger partial charge >= 0.3 is 6.09 Å². The number of hydrogen-bond donors (Lipinski definition) is 3. The normalized spacial score (nSPS) is 13.3. The zero-order valence-electron chi connectivity index (χ0n) is 18.8. The quantitative estimate of drug-likeness (QED) is 0.495. The third-order valence-corrected chi connectivity index (χ3v) is 4.77. The number of aromatic nitrogens is 4. The van der Waals surface area contributed by atoms with E-state index in [1.807, 2.05) is 46.9 Å². The number of unbranched alkanes of at least 4 members (excludes halogenated alkanes) is 1. The number of nitrogens with zero attached hydrogens (tertiary/aromatic N) is 3. The van der Waals surface area contributed by atoms with E-state index < -0.39 is 29.9 Å². The van der Waals surface area contributed by atoms with Crippen molar-refractivity contribution in [1.82, 2.24) is 25.3 Å². The second-order valence-electron chi connectivity index (χ2n) is 8.57. The van der Waals surface area contributed by atoms with Crippen LogP contribution in [0.25, 0.3) is 0 Å². The number of amides is 2. The summed E-state index contributed by atoms with van der Waals surface area (Å²) in [5.74, 6) is -1.27. The third kappa shape index (κ3) is 7.54. The van der Waals surface area contributed by atoms with Crippen molar-refractivity contribution in [2.24, 2.45) is 5.41 Å². The van der Waals surface area contributed by atoms with E-state index in [2.05, 4.69) is 25.9 Å². The van der Waals surface area contributed by atoms with Crippen LogP contribution in [0, 0.1) is 12.3 Å². The Morgan fingerprint density at radius 2 is 2.00 bits per heavy atom. The molecule has 2 rings (SSSR count). The smallest absolute Gasteiger partial charge is 0.408 e. The number of rotatable bonds is 10. The summed E-state index contributed by atoms with van der Waals surface area (Å²) in [6.07, 6.45) is 3.86. The van der Waals surface area contributed by atoms with Gasteiger partial charge in [-0.1, -0.05) is 40.5 Å². The Labute approximate surface area is 182 Å². The van der Waals surface area contributed by atoms with E-state index in [-0.39, 0.29) is 5.41 Å². The van der Waals surface area contributed by atoms with Gasteiger partial charge in [-0.05, 0) is 19.4 Å². The second-order valence-corrected chi connectivity index (χ2v) is 8.57. The molecule has 10 heteroatoms. The first kappa shape index (κ1) is 24.1. The average Bonchev–Trinajstić information content (AvgIpc) is 3.34. The number of Topliss-reactive ketones (excluding diaryl/α,β-unsaturated/α-hetero) is 1. The van der Waals surface area contributed by atoms with E-state index in [0.717, 1.165) is 12.1 Å². The molecule has 0 saturated heterocycles. The topological polar surface area (TPSA) is 131 Å². The number of ether oxygens (including phenoxy) is 1. The van der Waals surface area contributed by atoms with Crippen molar-refractivity contribution in [2.75, 3.05) is 5.32 Å². The van der Waals surface area contributed by atoms with E-state index in [9.17, 15) is 14.4 Å². The minimum atomic E-state index is -0.983. The minimum absolute atomic E-state index is 0.303. The Balaban J connectivity index is 2.04. The lowest BCUT2D eigenvalue weighted by Gasteiger charge is -2.30. The van der Waals surface area contributed by atoms with Crippen LogP contribution in [0.5, 0.6) is 0 Å². The van der Waals surface area contributed by atoms with Crippen LogP contribution >= 0.6 is 0 Å². The molecule has 0 unspecified atom stereocenters. The Morgan fingerprint density at radius 1 is 1.26 bits per heavy atom. The van der Waals surface area contributed by atoms with Gasteiger partial charge in [0.15, 0.2) is 0 Å². The molecule has 0 aliphatic heterocycles. The molecule has 10 nitrogen and oxygen atoms in total. The predicted molar refractivity (Wildman–Crippen MR) is 115 cm³/mol. The van der Waals surface area contributed by atoms with Crippen LogP contribution in [0.15, 0.2) is 24.5 Å². The zero-order valence-corrected chi connectivity index (χ0v) is 18.8. The van der Waals surface area contributed by atoms with Crippen molar-refractivity contribution in [1.29, 1.82) is 0 Å². The van der Waals surface area contributed by atoms with Crippen molar-refractivity contribution < 1.29 is 19.1 Å². The van der Waals surface area contributed by atoms with E-state index in [1.165, 1.54) is 12.3 Å². The first-order valence-electron chi connectivity index (χ1n) is 10.4.